The van der Waals surface area contributed by atoms with Crippen LogP contribution in [-0.2, 0) is 4.79 Å². The number of unbranched alkanes of at least 4 members (excludes halogenated alkanes) is 4. The SMILES string of the molecule is O=C(O)CCCCCCCNC(=O)c1cccc(Cl)c1O. The minimum Gasteiger partial charge on any atom is -0.506 e. The Morgan fingerprint density at radius 3 is 2.48 bits per heavy atom. The number of carbonyl (C=O) groups is 2. The molecule has 21 heavy (non-hydrogen) atoms. The third-order valence-corrected chi connectivity index (χ3v) is 3.39. The fraction of sp³-hybridized carbons (Fsp3) is 0.467. The first-order chi connectivity index (χ1) is 10.0. The van der Waals surface area contributed by atoms with Gasteiger partial charge in [0.25, 0.3) is 5.91 Å². The standard InChI is InChI=1S/C15H20ClNO4/c16-12-8-6-7-11(14(12)20)15(21)17-10-5-3-1-2-4-9-13(18)19/h6-8,20H,1-5,9-10H2,(H,17,21)(H,18,19). The van der Waals surface area contributed by atoms with Crippen LogP contribution in [0.2, 0.25) is 5.02 Å². The Morgan fingerprint density at radius 1 is 1.10 bits per heavy atom. The number of phenolic OH excluding ortho intramolecular Hbond substituents is 1. The third-order valence-electron chi connectivity index (χ3n) is 3.08. The summed E-state index contributed by atoms with van der Waals surface area (Å²) in [5.74, 6) is -1.31. The van der Waals surface area contributed by atoms with Gasteiger partial charge in [0.2, 0.25) is 0 Å². The predicted octanol–water partition coefficient (Wildman–Crippen LogP) is 3.20. The Bertz CT molecular complexity index is 491. The molecule has 0 spiro atoms. The highest BCUT2D eigenvalue weighted by molar-refractivity contribution is 6.32. The summed E-state index contributed by atoms with van der Waals surface area (Å²) in [6, 6.07) is 4.65. The molecule has 1 aromatic carbocycles. The molecular weight excluding hydrogens is 294 g/mol. The number of carboxylic acid groups (broad SMARTS) is 1. The molecule has 0 saturated carbocycles. The van der Waals surface area contributed by atoms with Crippen molar-refractivity contribution in [3.05, 3.63) is 28.8 Å². The molecule has 116 valence electrons. The van der Waals surface area contributed by atoms with E-state index in [1.54, 1.807) is 6.07 Å². The van der Waals surface area contributed by atoms with Crippen LogP contribution in [0.25, 0.3) is 0 Å². The van der Waals surface area contributed by atoms with E-state index in [0.717, 1.165) is 25.7 Å². The van der Waals surface area contributed by atoms with Crippen molar-refractivity contribution in [2.75, 3.05) is 6.54 Å². The lowest BCUT2D eigenvalue weighted by atomic mass is 10.1. The van der Waals surface area contributed by atoms with Crippen LogP contribution in [0.5, 0.6) is 5.75 Å². The summed E-state index contributed by atoms with van der Waals surface area (Å²) < 4.78 is 0. The van der Waals surface area contributed by atoms with Crippen molar-refractivity contribution in [3.8, 4) is 5.75 Å². The number of halogens is 1. The molecule has 0 aliphatic heterocycles. The molecule has 0 aliphatic rings. The first-order valence-corrected chi connectivity index (χ1v) is 7.37. The van der Waals surface area contributed by atoms with E-state index in [4.69, 9.17) is 16.7 Å². The molecule has 0 aromatic heterocycles. The Balaban J connectivity index is 2.17. The molecule has 0 heterocycles. The molecule has 0 atom stereocenters. The molecule has 0 aliphatic carbocycles. The van der Waals surface area contributed by atoms with Gasteiger partial charge in [0.05, 0.1) is 10.6 Å². The van der Waals surface area contributed by atoms with Crippen molar-refractivity contribution in [2.24, 2.45) is 0 Å². The van der Waals surface area contributed by atoms with Crippen molar-refractivity contribution in [1.82, 2.24) is 5.32 Å². The first-order valence-electron chi connectivity index (χ1n) is 7.00. The van der Waals surface area contributed by atoms with E-state index >= 15 is 0 Å². The molecule has 0 bridgehead atoms. The van der Waals surface area contributed by atoms with E-state index in [1.807, 2.05) is 0 Å². The predicted molar refractivity (Wildman–Crippen MR) is 80.8 cm³/mol. The normalized spacial score (nSPS) is 10.3. The highest BCUT2D eigenvalue weighted by Crippen LogP contribution is 2.26. The second-order valence-corrected chi connectivity index (χ2v) is 5.21. The number of amides is 1. The Labute approximate surface area is 128 Å². The summed E-state index contributed by atoms with van der Waals surface area (Å²) >= 11 is 5.74. The van der Waals surface area contributed by atoms with Crippen molar-refractivity contribution in [1.29, 1.82) is 0 Å². The van der Waals surface area contributed by atoms with Crippen molar-refractivity contribution in [2.45, 2.75) is 38.5 Å². The summed E-state index contributed by atoms with van der Waals surface area (Å²) in [6.45, 7) is 0.518. The number of hydrogen-bond acceptors (Lipinski definition) is 3. The number of hydrogen-bond donors (Lipinski definition) is 3. The number of carbonyl (C=O) groups excluding carboxylic acids is 1. The molecule has 1 aromatic rings. The number of nitrogens with one attached hydrogen (secondary N) is 1. The van der Waals surface area contributed by atoms with E-state index in [9.17, 15) is 14.7 Å². The average molecular weight is 314 g/mol. The molecule has 5 nitrogen and oxygen atoms in total. The molecule has 0 unspecified atom stereocenters. The van der Waals surface area contributed by atoms with Gasteiger partial charge in [-0.1, -0.05) is 36.9 Å². The fourth-order valence-electron chi connectivity index (χ4n) is 1.93. The Hall–Kier alpha value is -1.75. The van der Waals surface area contributed by atoms with Gasteiger partial charge in [0.1, 0.15) is 5.75 Å². The van der Waals surface area contributed by atoms with Gasteiger partial charge in [-0.2, -0.15) is 0 Å². The minimum absolute atomic E-state index is 0.154. The van der Waals surface area contributed by atoms with Crippen LogP contribution in [0.15, 0.2) is 18.2 Å². The second-order valence-electron chi connectivity index (χ2n) is 4.80. The monoisotopic (exact) mass is 313 g/mol. The Kier molecular flexibility index (Phi) is 7.61. The Morgan fingerprint density at radius 2 is 1.76 bits per heavy atom. The highest BCUT2D eigenvalue weighted by Gasteiger charge is 2.12. The van der Waals surface area contributed by atoms with Gasteiger partial charge in [-0.25, -0.2) is 0 Å². The molecule has 3 N–H and O–H groups in total. The van der Waals surface area contributed by atoms with E-state index in [2.05, 4.69) is 5.32 Å². The fourth-order valence-corrected chi connectivity index (χ4v) is 2.10. The van der Waals surface area contributed by atoms with Crippen LogP contribution in [0.1, 0.15) is 48.9 Å². The number of para-hydroxylation sites is 1. The van der Waals surface area contributed by atoms with Gasteiger partial charge in [0.15, 0.2) is 0 Å². The number of carboxylic acids is 1. The van der Waals surface area contributed by atoms with Crippen LogP contribution in [-0.4, -0.2) is 28.6 Å². The van der Waals surface area contributed by atoms with Gasteiger partial charge in [0, 0.05) is 13.0 Å². The molecule has 0 fully saturated rings. The molecule has 0 radical (unpaired) electrons. The molecule has 1 rings (SSSR count). The second kappa shape index (κ2) is 9.23. The van der Waals surface area contributed by atoms with Crippen molar-refractivity contribution >= 4 is 23.5 Å². The molecule has 0 saturated heterocycles. The zero-order chi connectivity index (χ0) is 15.7. The summed E-state index contributed by atoms with van der Waals surface area (Å²) in [5, 5.41) is 21.0. The molecule has 1 amide bonds. The van der Waals surface area contributed by atoms with Crippen LogP contribution in [0.4, 0.5) is 0 Å². The summed E-state index contributed by atoms with van der Waals surface area (Å²) in [5.41, 5.74) is 0.170. The zero-order valence-corrected chi connectivity index (χ0v) is 12.5. The lowest BCUT2D eigenvalue weighted by Crippen LogP contribution is -2.24. The van der Waals surface area contributed by atoms with Gasteiger partial charge in [-0.15, -0.1) is 0 Å². The largest absolute Gasteiger partial charge is 0.506 e. The maximum absolute atomic E-state index is 11.8. The average Bonchev–Trinajstić information content (AvgIpc) is 2.44. The third kappa shape index (κ3) is 6.49. The van der Waals surface area contributed by atoms with E-state index in [-0.39, 0.29) is 28.7 Å². The van der Waals surface area contributed by atoms with Crippen LogP contribution >= 0.6 is 11.6 Å². The minimum atomic E-state index is -0.761. The van der Waals surface area contributed by atoms with E-state index < -0.39 is 5.97 Å². The van der Waals surface area contributed by atoms with Crippen LogP contribution in [0.3, 0.4) is 0 Å². The summed E-state index contributed by atoms with van der Waals surface area (Å²) in [4.78, 5) is 22.2. The number of rotatable bonds is 9. The smallest absolute Gasteiger partial charge is 0.303 e. The van der Waals surface area contributed by atoms with Gasteiger partial charge < -0.3 is 15.5 Å². The van der Waals surface area contributed by atoms with Crippen LogP contribution < -0.4 is 5.32 Å². The highest BCUT2D eigenvalue weighted by atomic mass is 35.5. The quantitative estimate of drug-likeness (QED) is 0.611. The maximum Gasteiger partial charge on any atom is 0.303 e. The molecule has 6 heteroatoms. The van der Waals surface area contributed by atoms with E-state index in [0.29, 0.717) is 13.0 Å². The number of aromatic hydroxyl groups is 1. The van der Waals surface area contributed by atoms with Gasteiger partial charge in [-0.3, -0.25) is 9.59 Å². The number of phenols is 1. The maximum atomic E-state index is 11.8. The summed E-state index contributed by atoms with van der Waals surface area (Å²) in [7, 11) is 0. The van der Waals surface area contributed by atoms with Gasteiger partial charge in [-0.05, 0) is 25.0 Å². The van der Waals surface area contributed by atoms with Crippen LogP contribution in [0, 0.1) is 0 Å². The topological polar surface area (TPSA) is 86.6 Å². The van der Waals surface area contributed by atoms with Crippen molar-refractivity contribution < 1.29 is 19.8 Å². The van der Waals surface area contributed by atoms with E-state index in [1.165, 1.54) is 12.1 Å². The molecular formula is C15H20ClNO4. The lowest BCUT2D eigenvalue weighted by molar-refractivity contribution is -0.137. The lowest BCUT2D eigenvalue weighted by Gasteiger charge is -2.07. The zero-order valence-electron chi connectivity index (χ0n) is 11.8. The van der Waals surface area contributed by atoms with Crippen molar-refractivity contribution in [3.63, 3.8) is 0 Å². The summed E-state index contributed by atoms with van der Waals surface area (Å²) in [6.07, 6.45) is 4.49. The number of benzene rings is 1. The first kappa shape index (κ1) is 17.3. The number of aliphatic carboxylic acids is 1. The van der Waals surface area contributed by atoms with Gasteiger partial charge >= 0.3 is 5.97 Å².